The lowest BCUT2D eigenvalue weighted by molar-refractivity contribution is 0.381. The van der Waals surface area contributed by atoms with Crippen LogP contribution in [0.15, 0.2) is 42.5 Å². The van der Waals surface area contributed by atoms with Crippen molar-refractivity contribution in [1.82, 2.24) is 4.98 Å². The fourth-order valence-electron chi connectivity index (χ4n) is 2.71. The average molecular weight is 393 g/mol. The van der Waals surface area contributed by atoms with Gasteiger partial charge < -0.3 is 5.11 Å². The summed E-state index contributed by atoms with van der Waals surface area (Å²) in [6.45, 7) is 0. The number of phenols is 1. The second-order valence-electron chi connectivity index (χ2n) is 5.66. The van der Waals surface area contributed by atoms with Crippen LogP contribution in [0.2, 0.25) is 0 Å². The van der Waals surface area contributed by atoms with Gasteiger partial charge in [0.25, 0.3) is 0 Å². The molecule has 4 rings (SSSR count). The van der Waals surface area contributed by atoms with Gasteiger partial charge in [0.05, 0.1) is 21.3 Å². The molecule has 0 spiro atoms. The van der Waals surface area contributed by atoms with E-state index in [0.29, 0.717) is 10.5 Å². The number of halogens is 5. The summed E-state index contributed by atoms with van der Waals surface area (Å²) < 4.78 is 69.3. The van der Waals surface area contributed by atoms with Crippen LogP contribution in [0.25, 0.3) is 31.9 Å². The predicted octanol–water partition coefficient (Wildman–Crippen LogP) is 6.03. The van der Waals surface area contributed by atoms with Gasteiger partial charge >= 0.3 is 0 Å². The smallest absolute Gasteiger partial charge is 0.200 e. The maximum absolute atomic E-state index is 14.1. The molecule has 0 bridgehead atoms. The van der Waals surface area contributed by atoms with Crippen LogP contribution < -0.4 is 0 Å². The zero-order valence-electron chi connectivity index (χ0n) is 13.2. The molecule has 27 heavy (non-hydrogen) atoms. The molecule has 0 saturated heterocycles. The second-order valence-corrected chi connectivity index (χ2v) is 6.69. The number of benzene rings is 3. The standard InChI is InChI=1S/C19H8F5NOS/c20-14-13(15(21)17(23)18(24)16(14)22)8-5-6-11(26)9(7-8)19-25-10-3-1-2-4-12(10)27-19/h1-7,26H. The van der Waals surface area contributed by atoms with Gasteiger partial charge in [-0.15, -0.1) is 11.3 Å². The maximum atomic E-state index is 14.1. The fourth-order valence-corrected chi connectivity index (χ4v) is 3.70. The first kappa shape index (κ1) is 17.4. The summed E-state index contributed by atoms with van der Waals surface area (Å²) in [5.41, 5.74) is -0.556. The van der Waals surface area contributed by atoms with Crippen LogP contribution in [0.4, 0.5) is 22.0 Å². The molecular formula is C19H8F5NOS. The van der Waals surface area contributed by atoms with Crippen molar-refractivity contribution in [2.45, 2.75) is 0 Å². The average Bonchev–Trinajstić information content (AvgIpc) is 3.10. The van der Waals surface area contributed by atoms with Crippen LogP contribution in [0, 0.1) is 29.1 Å². The Labute approximate surface area is 153 Å². The lowest BCUT2D eigenvalue weighted by Gasteiger charge is -2.10. The molecule has 1 N–H and O–H groups in total. The number of thiazole rings is 1. The first-order valence-corrected chi connectivity index (χ1v) is 8.41. The van der Waals surface area contributed by atoms with Crippen LogP contribution >= 0.6 is 11.3 Å². The van der Waals surface area contributed by atoms with Gasteiger partial charge in [-0.25, -0.2) is 26.9 Å². The Morgan fingerprint density at radius 1 is 0.778 bits per heavy atom. The Kier molecular flexibility index (Phi) is 4.07. The van der Waals surface area contributed by atoms with Crippen molar-refractivity contribution in [3.63, 3.8) is 0 Å². The third-order valence-corrected chi connectivity index (χ3v) is 5.09. The molecule has 0 aliphatic rings. The minimum absolute atomic E-state index is 0.123. The highest BCUT2D eigenvalue weighted by molar-refractivity contribution is 7.21. The Balaban J connectivity index is 1.94. The van der Waals surface area contributed by atoms with E-state index in [1.807, 2.05) is 6.07 Å². The van der Waals surface area contributed by atoms with E-state index in [1.54, 1.807) is 18.2 Å². The lowest BCUT2D eigenvalue weighted by atomic mass is 10.0. The summed E-state index contributed by atoms with van der Waals surface area (Å²) in [6.07, 6.45) is 0. The van der Waals surface area contributed by atoms with E-state index in [4.69, 9.17) is 0 Å². The van der Waals surface area contributed by atoms with Crippen molar-refractivity contribution < 1.29 is 27.1 Å². The number of nitrogens with zero attached hydrogens (tertiary/aromatic N) is 1. The molecule has 2 nitrogen and oxygen atoms in total. The Hall–Kier alpha value is -3.00. The molecular weight excluding hydrogens is 385 g/mol. The minimum Gasteiger partial charge on any atom is -0.507 e. The van der Waals surface area contributed by atoms with E-state index >= 15 is 0 Å². The number of rotatable bonds is 2. The summed E-state index contributed by atoms with van der Waals surface area (Å²) in [5, 5.41) is 10.5. The van der Waals surface area contributed by atoms with Gasteiger partial charge in [0.2, 0.25) is 5.82 Å². The largest absolute Gasteiger partial charge is 0.507 e. The normalized spacial score (nSPS) is 11.3. The van der Waals surface area contributed by atoms with Gasteiger partial charge in [0.1, 0.15) is 10.8 Å². The van der Waals surface area contributed by atoms with E-state index in [9.17, 15) is 27.1 Å². The molecule has 0 radical (unpaired) electrons. The maximum Gasteiger partial charge on any atom is 0.200 e. The highest BCUT2D eigenvalue weighted by atomic mass is 32.1. The van der Waals surface area contributed by atoms with Crippen molar-refractivity contribution in [2.75, 3.05) is 0 Å². The summed E-state index contributed by atoms with van der Waals surface area (Å²) >= 11 is 1.22. The molecule has 1 heterocycles. The van der Waals surface area contributed by atoms with E-state index in [1.165, 1.54) is 11.3 Å². The van der Waals surface area contributed by atoms with Crippen LogP contribution in [-0.2, 0) is 0 Å². The first-order chi connectivity index (χ1) is 12.9. The van der Waals surface area contributed by atoms with Gasteiger partial charge in [-0.1, -0.05) is 18.2 Å². The zero-order chi connectivity index (χ0) is 19.3. The van der Waals surface area contributed by atoms with E-state index in [-0.39, 0.29) is 16.9 Å². The van der Waals surface area contributed by atoms with Crippen LogP contribution in [-0.4, -0.2) is 10.1 Å². The van der Waals surface area contributed by atoms with Crippen LogP contribution in [0.3, 0.4) is 0 Å². The number of aromatic nitrogens is 1. The summed E-state index contributed by atoms with van der Waals surface area (Å²) in [7, 11) is 0. The van der Waals surface area contributed by atoms with Crippen LogP contribution in [0.5, 0.6) is 5.75 Å². The molecule has 0 unspecified atom stereocenters. The molecule has 0 aliphatic heterocycles. The van der Waals surface area contributed by atoms with Crippen LogP contribution in [0.1, 0.15) is 0 Å². The number of hydrogen-bond donors (Lipinski definition) is 1. The second kappa shape index (κ2) is 6.31. The Morgan fingerprint density at radius 3 is 2.07 bits per heavy atom. The number of para-hydroxylation sites is 1. The molecule has 3 aromatic carbocycles. The molecule has 4 aromatic rings. The van der Waals surface area contributed by atoms with Crippen molar-refractivity contribution in [2.24, 2.45) is 0 Å². The fraction of sp³-hybridized carbons (Fsp3) is 0. The molecule has 8 heteroatoms. The van der Waals surface area contributed by atoms with E-state index < -0.39 is 34.6 Å². The highest BCUT2D eigenvalue weighted by Crippen LogP contribution is 2.39. The van der Waals surface area contributed by atoms with Gasteiger partial charge in [-0.2, -0.15) is 0 Å². The quantitative estimate of drug-likeness (QED) is 0.256. The molecule has 0 saturated carbocycles. The molecule has 0 fully saturated rings. The third-order valence-electron chi connectivity index (χ3n) is 4.02. The number of fused-ring (bicyclic) bond motifs is 1. The predicted molar refractivity (Wildman–Crippen MR) is 91.9 cm³/mol. The molecule has 0 aliphatic carbocycles. The van der Waals surface area contributed by atoms with Crippen molar-refractivity contribution in [1.29, 1.82) is 0 Å². The highest BCUT2D eigenvalue weighted by Gasteiger charge is 2.27. The van der Waals surface area contributed by atoms with Crippen molar-refractivity contribution in [3.8, 4) is 27.4 Å². The zero-order valence-corrected chi connectivity index (χ0v) is 14.1. The van der Waals surface area contributed by atoms with Gasteiger partial charge in [0, 0.05) is 0 Å². The van der Waals surface area contributed by atoms with Gasteiger partial charge in [-0.05, 0) is 29.8 Å². The molecule has 136 valence electrons. The third kappa shape index (κ3) is 2.73. The Bertz CT molecular complexity index is 1140. The SMILES string of the molecule is Oc1ccc(-c2c(F)c(F)c(F)c(F)c2F)cc1-c1nc2ccccc2s1. The van der Waals surface area contributed by atoms with Crippen molar-refractivity contribution in [3.05, 3.63) is 71.6 Å². The first-order valence-electron chi connectivity index (χ1n) is 7.59. The topological polar surface area (TPSA) is 33.1 Å². The van der Waals surface area contributed by atoms with Gasteiger partial charge in [-0.3, -0.25) is 0 Å². The minimum atomic E-state index is -2.22. The van der Waals surface area contributed by atoms with Crippen molar-refractivity contribution >= 4 is 21.6 Å². The number of aromatic hydroxyl groups is 1. The Morgan fingerprint density at radius 2 is 1.41 bits per heavy atom. The monoisotopic (exact) mass is 393 g/mol. The lowest BCUT2D eigenvalue weighted by Crippen LogP contribution is -2.04. The molecule has 1 aromatic heterocycles. The summed E-state index contributed by atoms with van der Waals surface area (Å²) in [4.78, 5) is 4.34. The number of phenolic OH excluding ortho intramolecular Hbond substituents is 1. The van der Waals surface area contributed by atoms with Gasteiger partial charge in [0.15, 0.2) is 23.3 Å². The summed E-state index contributed by atoms with van der Waals surface area (Å²) in [5.74, 6) is -10.4. The van der Waals surface area contributed by atoms with E-state index in [2.05, 4.69) is 4.98 Å². The number of hydrogen-bond acceptors (Lipinski definition) is 3. The van der Waals surface area contributed by atoms with E-state index in [0.717, 1.165) is 22.9 Å². The molecule has 0 atom stereocenters. The molecule has 0 amide bonds. The summed E-state index contributed by atoms with van der Waals surface area (Å²) in [6, 6.07) is 10.5.